The van der Waals surface area contributed by atoms with Crippen molar-refractivity contribution in [1.82, 2.24) is 10.3 Å². The number of nitrogens with one attached hydrogen (secondary N) is 3. The molecule has 2 amide bonds. The molecule has 2 aliphatic heterocycles. The molecular formula is C16H12BrN3O2. The van der Waals surface area contributed by atoms with Crippen molar-refractivity contribution in [3.05, 3.63) is 57.8 Å². The molecule has 1 aromatic heterocycles. The van der Waals surface area contributed by atoms with E-state index in [-0.39, 0.29) is 17.7 Å². The molecule has 4 rings (SSSR count). The number of rotatable bonds is 1. The third kappa shape index (κ3) is 1.99. The Morgan fingerprint density at radius 2 is 2.00 bits per heavy atom. The van der Waals surface area contributed by atoms with E-state index in [9.17, 15) is 9.59 Å². The van der Waals surface area contributed by atoms with Gasteiger partial charge in [0.1, 0.15) is 0 Å². The third-order valence-corrected chi connectivity index (χ3v) is 4.53. The zero-order valence-electron chi connectivity index (χ0n) is 11.4. The molecule has 1 atom stereocenters. The number of H-pyrrole nitrogens is 1. The highest BCUT2D eigenvalue weighted by Crippen LogP contribution is 2.36. The lowest BCUT2D eigenvalue weighted by Crippen LogP contribution is -2.33. The summed E-state index contributed by atoms with van der Waals surface area (Å²) in [6, 6.07) is 5.72. The Morgan fingerprint density at radius 1 is 1.14 bits per heavy atom. The van der Waals surface area contributed by atoms with E-state index < -0.39 is 0 Å². The lowest BCUT2D eigenvalue weighted by molar-refractivity contribution is -0.110. The zero-order valence-corrected chi connectivity index (χ0v) is 13.0. The fraction of sp³-hybridized carbons (Fsp3) is 0.125. The van der Waals surface area contributed by atoms with Crippen molar-refractivity contribution < 1.29 is 9.59 Å². The van der Waals surface area contributed by atoms with Gasteiger partial charge in [0.2, 0.25) is 0 Å². The molecule has 2 aromatic rings. The van der Waals surface area contributed by atoms with Crippen LogP contribution in [0, 0.1) is 0 Å². The Balaban J connectivity index is 1.78. The second-order valence-corrected chi connectivity index (χ2v) is 6.28. The summed E-state index contributed by atoms with van der Waals surface area (Å²) in [6.07, 6.45) is 5.45. The molecule has 2 aliphatic rings. The van der Waals surface area contributed by atoms with Crippen LogP contribution in [-0.2, 0) is 4.79 Å². The third-order valence-electron chi connectivity index (χ3n) is 4.04. The summed E-state index contributed by atoms with van der Waals surface area (Å²) in [5, 5.41) is 5.73. The van der Waals surface area contributed by atoms with Gasteiger partial charge in [0.05, 0.1) is 11.3 Å². The van der Waals surface area contributed by atoms with Crippen LogP contribution in [0.5, 0.6) is 0 Å². The predicted octanol–water partition coefficient (Wildman–Crippen LogP) is 2.64. The molecule has 1 unspecified atom stereocenters. The standard InChI is InChI=1S/C16H12BrN3O2/c17-9-1-2-10-11(16(22)20-14(10)4-9)3-8-5-19-15(21)13-7-18-6-12(8)13/h1-4,6-8,18H,5H2,(H,19,21)(H,20,22). The first-order valence-electron chi connectivity index (χ1n) is 6.91. The second-order valence-electron chi connectivity index (χ2n) is 5.37. The second kappa shape index (κ2) is 4.84. The molecule has 3 heterocycles. The monoisotopic (exact) mass is 357 g/mol. The van der Waals surface area contributed by atoms with E-state index in [0.717, 1.165) is 21.3 Å². The molecule has 22 heavy (non-hydrogen) atoms. The molecule has 0 spiro atoms. The SMILES string of the molecule is O=C1Nc2cc(Br)ccc2C1=CC1CNC(=O)c2c[nH]cc21. The first-order valence-corrected chi connectivity index (χ1v) is 7.71. The largest absolute Gasteiger partial charge is 0.367 e. The average molecular weight is 358 g/mol. The lowest BCUT2D eigenvalue weighted by Gasteiger charge is -2.20. The first kappa shape index (κ1) is 13.3. The van der Waals surface area contributed by atoms with E-state index in [1.807, 2.05) is 30.5 Å². The topological polar surface area (TPSA) is 74.0 Å². The minimum absolute atomic E-state index is 0.0192. The number of amides is 2. The maximum atomic E-state index is 12.2. The number of carbonyl (C=O) groups excluding carboxylic acids is 2. The summed E-state index contributed by atoms with van der Waals surface area (Å²) in [4.78, 5) is 27.0. The summed E-state index contributed by atoms with van der Waals surface area (Å²) in [7, 11) is 0. The molecular weight excluding hydrogens is 346 g/mol. The molecule has 1 aromatic carbocycles. The van der Waals surface area contributed by atoms with Gasteiger partial charge in [-0.25, -0.2) is 0 Å². The van der Waals surface area contributed by atoms with E-state index in [1.54, 1.807) is 6.20 Å². The summed E-state index contributed by atoms with van der Waals surface area (Å²) in [5.74, 6) is -0.206. The number of anilines is 1. The van der Waals surface area contributed by atoms with E-state index in [0.29, 0.717) is 17.7 Å². The van der Waals surface area contributed by atoms with Crippen molar-refractivity contribution in [2.75, 3.05) is 11.9 Å². The van der Waals surface area contributed by atoms with Crippen molar-refractivity contribution in [1.29, 1.82) is 0 Å². The van der Waals surface area contributed by atoms with E-state index in [2.05, 4.69) is 31.5 Å². The lowest BCUT2D eigenvalue weighted by atomic mass is 9.91. The van der Waals surface area contributed by atoms with Crippen molar-refractivity contribution in [3.8, 4) is 0 Å². The minimum atomic E-state index is -0.109. The van der Waals surface area contributed by atoms with Gasteiger partial charge in [-0.1, -0.05) is 28.1 Å². The maximum Gasteiger partial charge on any atom is 0.256 e. The number of carbonyl (C=O) groups is 2. The van der Waals surface area contributed by atoms with Crippen LogP contribution >= 0.6 is 15.9 Å². The van der Waals surface area contributed by atoms with Crippen LogP contribution in [0.2, 0.25) is 0 Å². The summed E-state index contributed by atoms with van der Waals surface area (Å²) < 4.78 is 0.922. The molecule has 0 saturated heterocycles. The molecule has 6 heteroatoms. The Labute approximate surface area is 134 Å². The van der Waals surface area contributed by atoms with Crippen LogP contribution in [0.1, 0.15) is 27.4 Å². The average Bonchev–Trinajstić information content (AvgIpc) is 3.08. The van der Waals surface area contributed by atoms with Crippen LogP contribution in [0.4, 0.5) is 5.69 Å². The first-order chi connectivity index (χ1) is 10.6. The molecule has 0 fully saturated rings. The van der Waals surface area contributed by atoms with Crippen LogP contribution in [0.25, 0.3) is 5.57 Å². The number of hydrogen-bond donors (Lipinski definition) is 3. The van der Waals surface area contributed by atoms with E-state index in [4.69, 9.17) is 0 Å². The quantitative estimate of drug-likeness (QED) is 0.686. The van der Waals surface area contributed by atoms with Crippen molar-refractivity contribution in [2.45, 2.75) is 5.92 Å². The van der Waals surface area contributed by atoms with Crippen LogP contribution < -0.4 is 10.6 Å². The number of hydrogen-bond acceptors (Lipinski definition) is 2. The van der Waals surface area contributed by atoms with Crippen molar-refractivity contribution >= 4 is 39.0 Å². The molecule has 0 aliphatic carbocycles. The Morgan fingerprint density at radius 3 is 2.86 bits per heavy atom. The molecule has 110 valence electrons. The highest BCUT2D eigenvalue weighted by Gasteiger charge is 2.29. The van der Waals surface area contributed by atoms with Gasteiger partial charge < -0.3 is 15.6 Å². The van der Waals surface area contributed by atoms with Gasteiger partial charge in [0, 0.05) is 40.5 Å². The van der Waals surface area contributed by atoms with Gasteiger partial charge in [0.15, 0.2) is 0 Å². The van der Waals surface area contributed by atoms with Gasteiger partial charge in [-0.05, 0) is 17.7 Å². The maximum absolute atomic E-state index is 12.2. The summed E-state index contributed by atoms with van der Waals surface area (Å²) >= 11 is 3.40. The van der Waals surface area contributed by atoms with E-state index >= 15 is 0 Å². The number of halogens is 1. The Bertz CT molecular complexity index is 838. The minimum Gasteiger partial charge on any atom is -0.367 e. The molecule has 5 nitrogen and oxygen atoms in total. The van der Waals surface area contributed by atoms with E-state index in [1.165, 1.54) is 0 Å². The van der Waals surface area contributed by atoms with Crippen molar-refractivity contribution in [3.63, 3.8) is 0 Å². The zero-order chi connectivity index (χ0) is 15.3. The van der Waals surface area contributed by atoms with Crippen LogP contribution in [0.3, 0.4) is 0 Å². The van der Waals surface area contributed by atoms with Crippen LogP contribution in [0.15, 0.2) is 41.1 Å². The Hall–Kier alpha value is -2.34. The van der Waals surface area contributed by atoms with Gasteiger partial charge in [-0.2, -0.15) is 0 Å². The number of aromatic nitrogens is 1. The highest BCUT2D eigenvalue weighted by molar-refractivity contribution is 9.10. The van der Waals surface area contributed by atoms with Gasteiger partial charge >= 0.3 is 0 Å². The Kier molecular flexibility index (Phi) is 2.94. The fourth-order valence-electron chi connectivity index (χ4n) is 2.97. The predicted molar refractivity (Wildman–Crippen MR) is 86.6 cm³/mol. The summed E-state index contributed by atoms with van der Waals surface area (Å²) in [5.41, 5.74) is 3.91. The highest BCUT2D eigenvalue weighted by atomic mass is 79.9. The van der Waals surface area contributed by atoms with Crippen molar-refractivity contribution in [2.24, 2.45) is 0 Å². The molecule has 0 radical (unpaired) electrons. The molecule has 3 N–H and O–H groups in total. The number of benzene rings is 1. The van der Waals surface area contributed by atoms with Gasteiger partial charge in [0.25, 0.3) is 11.8 Å². The van der Waals surface area contributed by atoms with Gasteiger partial charge in [-0.15, -0.1) is 0 Å². The fourth-order valence-corrected chi connectivity index (χ4v) is 3.33. The van der Waals surface area contributed by atoms with Crippen LogP contribution in [-0.4, -0.2) is 23.3 Å². The summed E-state index contributed by atoms with van der Waals surface area (Å²) in [6.45, 7) is 0.492. The normalized spacial score (nSPS) is 21.3. The molecule has 0 saturated carbocycles. The van der Waals surface area contributed by atoms with Gasteiger partial charge in [-0.3, -0.25) is 9.59 Å². The number of fused-ring (bicyclic) bond motifs is 2. The molecule has 0 bridgehead atoms. The number of aromatic amines is 1. The smallest absolute Gasteiger partial charge is 0.256 e.